The maximum atomic E-state index is 12.4. The normalized spacial score (nSPS) is 17.0. The van der Waals surface area contributed by atoms with Gasteiger partial charge in [0.15, 0.2) is 11.5 Å². The van der Waals surface area contributed by atoms with E-state index in [-0.39, 0.29) is 5.91 Å². The zero-order valence-corrected chi connectivity index (χ0v) is 16.4. The molecule has 1 atom stereocenters. The van der Waals surface area contributed by atoms with Crippen LogP contribution in [0.1, 0.15) is 0 Å². The number of methoxy groups -OCH3 is 1. The van der Waals surface area contributed by atoms with Crippen molar-refractivity contribution < 1.29 is 9.53 Å². The molecule has 0 saturated carbocycles. The fourth-order valence-corrected chi connectivity index (χ4v) is 3.54. The molecule has 0 aliphatic carbocycles. The molecule has 30 heavy (non-hydrogen) atoms. The number of rotatable bonds is 4. The monoisotopic (exact) mass is 403 g/mol. The number of anilines is 1. The lowest BCUT2D eigenvalue weighted by Crippen LogP contribution is -2.42. The minimum absolute atomic E-state index is 0.0729. The van der Waals surface area contributed by atoms with Crippen molar-refractivity contribution >= 4 is 28.4 Å². The fraction of sp³-hybridized carbons (Fsp3) is 0.238. The molecule has 152 valence electrons. The summed E-state index contributed by atoms with van der Waals surface area (Å²) in [5.41, 5.74) is 2.28. The molecular formula is C21H21N7O2. The standard InChI is InChI=1S/C21H21N7O2/c1-30-14-6-4-5-13(11-14)18-26-19-15-7-2-3-8-16(15)24-21(28(19)27-18)25-17-12-22-9-10-23-20(17)29/h2-8,11,17,22H,9-10,12H2,1H3,(H,23,29)(H,24,25). The highest BCUT2D eigenvalue weighted by molar-refractivity contribution is 5.93. The van der Waals surface area contributed by atoms with Crippen LogP contribution in [-0.2, 0) is 4.79 Å². The van der Waals surface area contributed by atoms with E-state index in [1.807, 2.05) is 48.5 Å². The van der Waals surface area contributed by atoms with Crippen LogP contribution in [-0.4, -0.2) is 58.3 Å². The zero-order chi connectivity index (χ0) is 20.5. The van der Waals surface area contributed by atoms with Crippen molar-refractivity contribution in [1.29, 1.82) is 0 Å². The van der Waals surface area contributed by atoms with Crippen molar-refractivity contribution in [3.8, 4) is 17.1 Å². The third-order valence-electron chi connectivity index (χ3n) is 5.08. The van der Waals surface area contributed by atoms with E-state index in [2.05, 4.69) is 16.0 Å². The second kappa shape index (κ2) is 7.60. The summed E-state index contributed by atoms with van der Waals surface area (Å²) in [4.78, 5) is 21.9. The van der Waals surface area contributed by atoms with Crippen LogP contribution in [0.2, 0.25) is 0 Å². The maximum absolute atomic E-state index is 12.4. The van der Waals surface area contributed by atoms with E-state index in [4.69, 9.17) is 19.8 Å². The number of fused-ring (bicyclic) bond motifs is 3. The molecule has 5 rings (SSSR count). The van der Waals surface area contributed by atoms with Crippen LogP contribution in [0.4, 0.5) is 5.95 Å². The van der Waals surface area contributed by atoms with E-state index in [0.29, 0.717) is 30.5 Å². The Morgan fingerprint density at radius 1 is 1.13 bits per heavy atom. The van der Waals surface area contributed by atoms with Crippen molar-refractivity contribution in [2.24, 2.45) is 0 Å². The Morgan fingerprint density at radius 2 is 2.03 bits per heavy atom. The molecule has 3 heterocycles. The van der Waals surface area contributed by atoms with Crippen LogP contribution in [0.5, 0.6) is 5.75 Å². The highest BCUT2D eigenvalue weighted by Gasteiger charge is 2.23. The van der Waals surface area contributed by atoms with Gasteiger partial charge in [-0.2, -0.15) is 4.52 Å². The molecule has 0 radical (unpaired) electrons. The molecule has 1 fully saturated rings. The first kappa shape index (κ1) is 18.3. The molecule has 1 aliphatic heterocycles. The van der Waals surface area contributed by atoms with E-state index in [1.54, 1.807) is 11.6 Å². The first-order valence-corrected chi connectivity index (χ1v) is 9.78. The van der Waals surface area contributed by atoms with Crippen molar-refractivity contribution in [2.75, 3.05) is 32.1 Å². The molecule has 2 aromatic carbocycles. The maximum Gasteiger partial charge on any atom is 0.243 e. The van der Waals surface area contributed by atoms with Crippen LogP contribution in [0, 0.1) is 0 Å². The van der Waals surface area contributed by atoms with Gasteiger partial charge in [-0.25, -0.2) is 9.97 Å². The summed E-state index contributed by atoms with van der Waals surface area (Å²) in [6.45, 7) is 1.83. The van der Waals surface area contributed by atoms with Gasteiger partial charge >= 0.3 is 0 Å². The number of carbonyl (C=O) groups excluding carboxylic acids is 1. The van der Waals surface area contributed by atoms with E-state index >= 15 is 0 Å². The van der Waals surface area contributed by atoms with Crippen LogP contribution in [0.15, 0.2) is 48.5 Å². The molecule has 3 N–H and O–H groups in total. The van der Waals surface area contributed by atoms with Crippen molar-refractivity contribution in [3.05, 3.63) is 48.5 Å². The van der Waals surface area contributed by atoms with Crippen molar-refractivity contribution in [1.82, 2.24) is 30.2 Å². The minimum atomic E-state index is -0.464. The number of nitrogens with zero attached hydrogens (tertiary/aromatic N) is 4. The van der Waals surface area contributed by atoms with Crippen LogP contribution in [0.3, 0.4) is 0 Å². The van der Waals surface area contributed by atoms with E-state index < -0.39 is 6.04 Å². The Bertz CT molecular complexity index is 1240. The Kier molecular flexibility index (Phi) is 4.64. The lowest BCUT2D eigenvalue weighted by atomic mass is 10.2. The Balaban J connectivity index is 1.65. The van der Waals surface area contributed by atoms with Gasteiger partial charge in [0.2, 0.25) is 11.9 Å². The predicted molar refractivity (Wildman–Crippen MR) is 114 cm³/mol. The lowest BCUT2D eigenvalue weighted by molar-refractivity contribution is -0.121. The van der Waals surface area contributed by atoms with Gasteiger partial charge in [0.05, 0.1) is 12.6 Å². The van der Waals surface area contributed by atoms with Gasteiger partial charge in [0.1, 0.15) is 11.8 Å². The third-order valence-corrected chi connectivity index (χ3v) is 5.08. The first-order chi connectivity index (χ1) is 14.7. The zero-order valence-electron chi connectivity index (χ0n) is 16.4. The number of ether oxygens (including phenoxy) is 1. The summed E-state index contributed by atoms with van der Waals surface area (Å²) in [5.74, 6) is 1.68. The summed E-state index contributed by atoms with van der Waals surface area (Å²) in [6, 6.07) is 14.9. The summed E-state index contributed by atoms with van der Waals surface area (Å²) in [5, 5.41) is 15.0. The molecule has 0 spiro atoms. The Morgan fingerprint density at radius 3 is 2.93 bits per heavy atom. The average Bonchev–Trinajstić information content (AvgIpc) is 3.14. The molecule has 4 aromatic rings. The number of nitrogens with one attached hydrogen (secondary N) is 3. The van der Waals surface area contributed by atoms with Crippen LogP contribution >= 0.6 is 0 Å². The highest BCUT2D eigenvalue weighted by Crippen LogP contribution is 2.26. The first-order valence-electron chi connectivity index (χ1n) is 9.78. The SMILES string of the molecule is COc1cccc(-c2nc3c4ccccc4nc(NC4CNCCNC4=O)n3n2)c1. The Labute approximate surface area is 172 Å². The van der Waals surface area contributed by atoms with Gasteiger partial charge < -0.3 is 20.7 Å². The lowest BCUT2D eigenvalue weighted by Gasteiger charge is -2.16. The van der Waals surface area contributed by atoms with Gasteiger partial charge in [0.25, 0.3) is 0 Å². The van der Waals surface area contributed by atoms with Gasteiger partial charge in [-0.05, 0) is 24.3 Å². The highest BCUT2D eigenvalue weighted by atomic mass is 16.5. The second-order valence-electron chi connectivity index (χ2n) is 7.05. The summed E-state index contributed by atoms with van der Waals surface area (Å²) in [7, 11) is 1.63. The van der Waals surface area contributed by atoms with Crippen LogP contribution in [0.25, 0.3) is 27.9 Å². The molecular weight excluding hydrogens is 382 g/mol. The number of aromatic nitrogens is 4. The third kappa shape index (κ3) is 3.29. The number of hydrogen-bond donors (Lipinski definition) is 3. The molecule has 0 bridgehead atoms. The average molecular weight is 403 g/mol. The van der Waals surface area contributed by atoms with Crippen molar-refractivity contribution in [2.45, 2.75) is 6.04 Å². The van der Waals surface area contributed by atoms with Crippen LogP contribution < -0.4 is 20.7 Å². The van der Waals surface area contributed by atoms with Crippen molar-refractivity contribution in [3.63, 3.8) is 0 Å². The molecule has 1 aliphatic rings. The minimum Gasteiger partial charge on any atom is -0.497 e. The quantitative estimate of drug-likeness (QED) is 0.474. The fourth-order valence-electron chi connectivity index (χ4n) is 3.54. The van der Waals surface area contributed by atoms with Gasteiger partial charge in [-0.3, -0.25) is 4.79 Å². The van der Waals surface area contributed by atoms with E-state index in [9.17, 15) is 4.79 Å². The largest absolute Gasteiger partial charge is 0.497 e. The molecule has 9 nitrogen and oxygen atoms in total. The number of benzene rings is 2. The number of para-hydroxylation sites is 1. The number of hydrogen-bond acceptors (Lipinski definition) is 7. The number of amides is 1. The molecule has 1 saturated heterocycles. The molecule has 1 amide bonds. The second-order valence-corrected chi connectivity index (χ2v) is 7.05. The van der Waals surface area contributed by atoms with Gasteiger partial charge in [0, 0.05) is 30.6 Å². The topological polar surface area (TPSA) is 105 Å². The molecule has 1 unspecified atom stereocenters. The Hall–Kier alpha value is -3.72. The van der Waals surface area contributed by atoms with E-state index in [1.165, 1.54) is 0 Å². The molecule has 2 aromatic heterocycles. The van der Waals surface area contributed by atoms with Gasteiger partial charge in [-0.1, -0.05) is 24.3 Å². The van der Waals surface area contributed by atoms with Gasteiger partial charge in [-0.15, -0.1) is 5.10 Å². The number of carbonyl (C=O) groups is 1. The summed E-state index contributed by atoms with van der Waals surface area (Å²) >= 11 is 0. The molecule has 9 heteroatoms. The summed E-state index contributed by atoms with van der Waals surface area (Å²) in [6.07, 6.45) is 0. The van der Waals surface area contributed by atoms with E-state index in [0.717, 1.165) is 28.8 Å². The summed E-state index contributed by atoms with van der Waals surface area (Å²) < 4.78 is 6.99. The smallest absolute Gasteiger partial charge is 0.243 e. The predicted octanol–water partition coefficient (Wildman–Crippen LogP) is 1.45.